The first-order valence-electron chi connectivity index (χ1n) is 6.26. The van der Waals surface area contributed by atoms with Crippen molar-refractivity contribution < 1.29 is 14.6 Å². The van der Waals surface area contributed by atoms with Crippen LogP contribution >= 0.6 is 11.8 Å². The lowest BCUT2D eigenvalue weighted by atomic mass is 10.1. The average Bonchev–Trinajstić information content (AvgIpc) is 2.77. The number of nitrogens with zero attached hydrogens (tertiary/aromatic N) is 2. The number of carboxylic acid groups (broad SMARTS) is 1. The van der Waals surface area contributed by atoms with Crippen molar-refractivity contribution in [2.45, 2.75) is 6.10 Å². The van der Waals surface area contributed by atoms with E-state index in [0.717, 1.165) is 28.5 Å². The number of hydrogen-bond donors (Lipinski definition) is 1. The molecule has 2 aromatic rings. The standard InChI is InChI=1S/C14H14N2O3S/c1-16-12(6-11(15-16)14(17)18)10-4-2-3-5-13(10)19-9-7-20-8-9/h2-6,9H,7-8H2,1H3,(H,17,18). The number of para-hydroxylation sites is 1. The zero-order valence-electron chi connectivity index (χ0n) is 10.9. The van der Waals surface area contributed by atoms with Gasteiger partial charge in [0.1, 0.15) is 11.9 Å². The first-order valence-corrected chi connectivity index (χ1v) is 7.42. The van der Waals surface area contributed by atoms with Gasteiger partial charge in [-0.15, -0.1) is 0 Å². The molecule has 0 spiro atoms. The number of aryl methyl sites for hydroxylation is 1. The Morgan fingerprint density at radius 1 is 1.45 bits per heavy atom. The van der Waals surface area contributed by atoms with Crippen molar-refractivity contribution >= 4 is 17.7 Å². The Kier molecular flexibility index (Phi) is 3.40. The highest BCUT2D eigenvalue weighted by molar-refractivity contribution is 8.00. The maximum absolute atomic E-state index is 11.0. The van der Waals surface area contributed by atoms with Crippen LogP contribution in [0.25, 0.3) is 11.3 Å². The molecule has 0 radical (unpaired) electrons. The minimum Gasteiger partial charge on any atom is -0.488 e. The predicted octanol–water partition coefficient (Wildman–Crippen LogP) is 2.28. The molecule has 104 valence electrons. The molecule has 1 saturated heterocycles. The first-order chi connectivity index (χ1) is 9.65. The molecule has 0 atom stereocenters. The number of benzene rings is 1. The van der Waals surface area contributed by atoms with Crippen LogP contribution in [-0.4, -0.2) is 38.5 Å². The van der Waals surface area contributed by atoms with E-state index in [1.54, 1.807) is 17.8 Å². The number of rotatable bonds is 4. The smallest absolute Gasteiger partial charge is 0.356 e. The Bertz CT molecular complexity index is 650. The molecule has 1 aromatic carbocycles. The number of carbonyl (C=O) groups is 1. The number of thioether (sulfide) groups is 1. The van der Waals surface area contributed by atoms with Crippen molar-refractivity contribution in [3.63, 3.8) is 0 Å². The molecule has 20 heavy (non-hydrogen) atoms. The van der Waals surface area contributed by atoms with E-state index in [2.05, 4.69) is 5.10 Å². The Hall–Kier alpha value is -1.95. The van der Waals surface area contributed by atoms with E-state index < -0.39 is 5.97 Å². The fraction of sp³-hybridized carbons (Fsp3) is 0.286. The zero-order valence-corrected chi connectivity index (χ0v) is 11.8. The summed E-state index contributed by atoms with van der Waals surface area (Å²) in [6, 6.07) is 9.22. The first kappa shape index (κ1) is 13.1. The Labute approximate surface area is 120 Å². The molecule has 1 aromatic heterocycles. The molecule has 0 unspecified atom stereocenters. The molecule has 0 amide bonds. The van der Waals surface area contributed by atoms with Gasteiger partial charge in [-0.25, -0.2) is 4.79 Å². The van der Waals surface area contributed by atoms with Gasteiger partial charge in [-0.1, -0.05) is 12.1 Å². The second kappa shape index (κ2) is 5.20. The van der Waals surface area contributed by atoms with Crippen LogP contribution in [0.3, 0.4) is 0 Å². The third kappa shape index (κ3) is 2.38. The van der Waals surface area contributed by atoms with Crippen LogP contribution in [0.2, 0.25) is 0 Å². The van der Waals surface area contributed by atoms with Crippen LogP contribution in [0, 0.1) is 0 Å². The van der Waals surface area contributed by atoms with E-state index in [4.69, 9.17) is 9.84 Å². The molecule has 6 heteroatoms. The van der Waals surface area contributed by atoms with Crippen molar-refractivity contribution in [2.24, 2.45) is 7.05 Å². The van der Waals surface area contributed by atoms with Crippen molar-refractivity contribution in [1.82, 2.24) is 9.78 Å². The molecule has 0 aliphatic carbocycles. The Morgan fingerprint density at radius 3 is 2.80 bits per heavy atom. The number of ether oxygens (including phenoxy) is 1. The minimum atomic E-state index is -1.03. The minimum absolute atomic E-state index is 0.0384. The number of aromatic nitrogens is 2. The van der Waals surface area contributed by atoms with E-state index in [-0.39, 0.29) is 11.8 Å². The van der Waals surface area contributed by atoms with E-state index in [0.29, 0.717) is 0 Å². The van der Waals surface area contributed by atoms with Crippen LogP contribution in [0.1, 0.15) is 10.5 Å². The fourth-order valence-electron chi connectivity index (χ4n) is 2.07. The molecule has 3 rings (SSSR count). The number of carboxylic acids is 1. The van der Waals surface area contributed by atoms with E-state index in [1.165, 1.54) is 0 Å². The van der Waals surface area contributed by atoms with Gasteiger partial charge in [0.15, 0.2) is 5.69 Å². The summed E-state index contributed by atoms with van der Waals surface area (Å²) in [4.78, 5) is 11.0. The quantitative estimate of drug-likeness (QED) is 0.936. The highest BCUT2D eigenvalue weighted by Crippen LogP contribution is 2.33. The summed E-state index contributed by atoms with van der Waals surface area (Å²) in [6.07, 6.45) is 0.244. The van der Waals surface area contributed by atoms with E-state index >= 15 is 0 Å². The summed E-state index contributed by atoms with van der Waals surface area (Å²) in [5.41, 5.74) is 1.65. The SMILES string of the molecule is Cn1nc(C(=O)O)cc1-c1ccccc1OC1CSC1. The molecular weight excluding hydrogens is 276 g/mol. The van der Waals surface area contributed by atoms with Crippen LogP contribution in [-0.2, 0) is 7.05 Å². The van der Waals surface area contributed by atoms with Gasteiger partial charge < -0.3 is 9.84 Å². The Morgan fingerprint density at radius 2 is 2.20 bits per heavy atom. The Balaban J connectivity index is 1.98. The molecule has 0 saturated carbocycles. The monoisotopic (exact) mass is 290 g/mol. The summed E-state index contributed by atoms with van der Waals surface area (Å²) in [6.45, 7) is 0. The molecule has 5 nitrogen and oxygen atoms in total. The van der Waals surface area contributed by atoms with Crippen LogP contribution in [0.4, 0.5) is 0 Å². The maximum atomic E-state index is 11.0. The molecule has 1 N–H and O–H groups in total. The fourth-order valence-corrected chi connectivity index (χ4v) is 2.63. The summed E-state index contributed by atoms with van der Waals surface area (Å²) in [7, 11) is 1.73. The molecule has 2 heterocycles. The molecule has 0 bridgehead atoms. The van der Waals surface area contributed by atoms with Crippen LogP contribution in [0.15, 0.2) is 30.3 Å². The summed E-state index contributed by atoms with van der Waals surface area (Å²) in [5.74, 6) is 1.75. The van der Waals surface area contributed by atoms with Gasteiger partial charge in [0.25, 0.3) is 0 Å². The van der Waals surface area contributed by atoms with Crippen molar-refractivity contribution in [1.29, 1.82) is 0 Å². The summed E-state index contributed by atoms with van der Waals surface area (Å²) in [5, 5.41) is 13.0. The highest BCUT2D eigenvalue weighted by atomic mass is 32.2. The third-order valence-corrected chi connectivity index (χ3v) is 4.38. The van der Waals surface area contributed by atoms with Gasteiger partial charge in [0, 0.05) is 24.1 Å². The van der Waals surface area contributed by atoms with Crippen molar-refractivity contribution in [2.75, 3.05) is 11.5 Å². The highest BCUT2D eigenvalue weighted by Gasteiger charge is 2.22. The molecule has 1 aliphatic heterocycles. The molecule has 1 aliphatic rings. The van der Waals surface area contributed by atoms with Gasteiger partial charge in [0.2, 0.25) is 0 Å². The van der Waals surface area contributed by atoms with E-state index in [9.17, 15) is 4.79 Å². The topological polar surface area (TPSA) is 64.4 Å². The average molecular weight is 290 g/mol. The van der Waals surface area contributed by atoms with Gasteiger partial charge >= 0.3 is 5.97 Å². The largest absolute Gasteiger partial charge is 0.488 e. The lowest BCUT2D eigenvalue weighted by Gasteiger charge is -2.27. The molecular formula is C14H14N2O3S. The lowest BCUT2D eigenvalue weighted by Crippen LogP contribution is -2.31. The van der Waals surface area contributed by atoms with E-state index in [1.807, 2.05) is 36.0 Å². The van der Waals surface area contributed by atoms with Gasteiger partial charge in [-0.05, 0) is 18.2 Å². The third-order valence-electron chi connectivity index (χ3n) is 3.16. The second-order valence-electron chi connectivity index (χ2n) is 4.62. The van der Waals surface area contributed by atoms with Gasteiger partial charge in [-0.3, -0.25) is 4.68 Å². The van der Waals surface area contributed by atoms with Gasteiger partial charge in [0.05, 0.1) is 5.69 Å². The van der Waals surface area contributed by atoms with Gasteiger partial charge in [-0.2, -0.15) is 16.9 Å². The lowest BCUT2D eigenvalue weighted by molar-refractivity contribution is 0.0689. The summed E-state index contributed by atoms with van der Waals surface area (Å²) >= 11 is 1.86. The predicted molar refractivity (Wildman–Crippen MR) is 77.3 cm³/mol. The maximum Gasteiger partial charge on any atom is 0.356 e. The normalized spacial score (nSPS) is 14.8. The van der Waals surface area contributed by atoms with Crippen molar-refractivity contribution in [3.05, 3.63) is 36.0 Å². The zero-order chi connectivity index (χ0) is 14.1. The van der Waals surface area contributed by atoms with Crippen molar-refractivity contribution in [3.8, 4) is 17.0 Å². The number of hydrogen-bond acceptors (Lipinski definition) is 4. The second-order valence-corrected chi connectivity index (χ2v) is 5.69. The van der Waals surface area contributed by atoms with Crippen LogP contribution < -0.4 is 4.74 Å². The van der Waals surface area contributed by atoms with Crippen LogP contribution in [0.5, 0.6) is 5.75 Å². The number of aromatic carboxylic acids is 1. The summed E-state index contributed by atoms with van der Waals surface area (Å²) < 4.78 is 7.52. The molecule has 1 fully saturated rings.